The lowest BCUT2D eigenvalue weighted by Gasteiger charge is -2.24. The van der Waals surface area contributed by atoms with Crippen LogP contribution in [0.2, 0.25) is 0 Å². The number of amides is 5. The van der Waals surface area contributed by atoms with Crippen LogP contribution in [-0.4, -0.2) is 121 Å². The van der Waals surface area contributed by atoms with E-state index < -0.39 is 78.9 Å². The number of aromatic hydroxyl groups is 2. The Morgan fingerprint density at radius 2 is 1.42 bits per heavy atom. The highest BCUT2D eigenvalue weighted by atomic mass is 16.5. The van der Waals surface area contributed by atoms with Crippen molar-refractivity contribution in [2.24, 2.45) is 5.11 Å². The van der Waals surface area contributed by atoms with Crippen molar-refractivity contribution in [1.82, 2.24) is 26.6 Å². The van der Waals surface area contributed by atoms with E-state index in [1.54, 1.807) is 30.3 Å². The molecule has 8 N–H and O–H groups in total. The van der Waals surface area contributed by atoms with Crippen LogP contribution in [0.25, 0.3) is 10.4 Å². The normalized spacial score (nSPS) is 12.1. The molecular weight excluding hydrogens is 752 g/mol. The van der Waals surface area contributed by atoms with E-state index in [0.717, 1.165) is 6.92 Å². The van der Waals surface area contributed by atoms with Crippen LogP contribution in [-0.2, 0) is 60.8 Å². The molecule has 2 aromatic rings. The van der Waals surface area contributed by atoms with Crippen LogP contribution in [0.1, 0.15) is 43.7 Å². The lowest BCUT2D eigenvalue weighted by molar-refractivity contribution is -0.145. The molecule has 0 aromatic heterocycles. The summed E-state index contributed by atoms with van der Waals surface area (Å²) in [6, 6.07) is 8.15. The standard InChI is InChI=1S/C36H48N8O13/c1-23(45)41-27(20-31(48)38-12-11-24-7-9-29(46)30(47)19-24)36(54)42-26(8-10-33(51)57-22-25-5-3-2-4-6-25)35(53)43-28(21-32(49)50)34(52)39-13-15-55-17-18-56-16-14-40-44-37/h2-7,9,19,26-28,46-47H,8,10-18,20-22H2,1H3,(H,38,48)(H,39,52)(H,41,45)(H,42,54)(H,43,53)(H,49,50)/t26-,27-,28-/m0/s1. The predicted octanol–water partition coefficient (Wildman–Crippen LogP) is 0.0789. The topological polar surface area (TPSA) is 317 Å². The number of carbonyl (C=O) groups is 7. The predicted molar refractivity (Wildman–Crippen MR) is 199 cm³/mol. The molecule has 57 heavy (non-hydrogen) atoms. The largest absolute Gasteiger partial charge is 0.504 e. The molecule has 310 valence electrons. The van der Waals surface area contributed by atoms with Crippen molar-refractivity contribution in [3.63, 3.8) is 0 Å². The van der Waals surface area contributed by atoms with Crippen LogP contribution in [0.15, 0.2) is 53.6 Å². The molecule has 0 aliphatic carbocycles. The van der Waals surface area contributed by atoms with Crippen molar-refractivity contribution >= 4 is 41.5 Å². The van der Waals surface area contributed by atoms with Gasteiger partial charge in [-0.25, -0.2) is 0 Å². The lowest BCUT2D eigenvalue weighted by atomic mass is 10.1. The maximum atomic E-state index is 13.6. The van der Waals surface area contributed by atoms with Gasteiger partial charge in [-0.05, 0) is 41.6 Å². The molecule has 2 rings (SSSR count). The number of hydrogen-bond acceptors (Lipinski definition) is 13. The Balaban J connectivity index is 2.10. The number of carboxylic acid groups (broad SMARTS) is 1. The molecule has 0 saturated carbocycles. The van der Waals surface area contributed by atoms with E-state index in [0.29, 0.717) is 11.1 Å². The average Bonchev–Trinajstić information content (AvgIpc) is 3.17. The number of azide groups is 1. The number of ether oxygens (including phenoxy) is 3. The van der Waals surface area contributed by atoms with Gasteiger partial charge in [0.1, 0.15) is 24.7 Å². The van der Waals surface area contributed by atoms with Gasteiger partial charge >= 0.3 is 11.9 Å². The number of nitrogens with zero attached hydrogens (tertiary/aromatic N) is 3. The SMILES string of the molecule is CC(=O)N[C@@H](CC(=O)NCCc1ccc(O)c(O)c1)C(=O)N[C@@H](CCC(=O)OCc1ccccc1)C(=O)N[C@@H](CC(=O)O)C(=O)NCCOCCOCCN=[N+]=[N-]. The third kappa shape index (κ3) is 20.2. The van der Waals surface area contributed by atoms with Gasteiger partial charge in [0.15, 0.2) is 11.5 Å². The summed E-state index contributed by atoms with van der Waals surface area (Å²) in [6.45, 7) is 1.67. The Labute approximate surface area is 327 Å². The number of hydrogen-bond donors (Lipinski definition) is 8. The first kappa shape index (κ1) is 46.7. The van der Waals surface area contributed by atoms with Gasteiger partial charge < -0.3 is 56.1 Å². The molecule has 0 aliphatic heterocycles. The third-order valence-electron chi connectivity index (χ3n) is 7.70. The Morgan fingerprint density at radius 1 is 0.754 bits per heavy atom. The Kier molecular flexibility index (Phi) is 21.6. The minimum Gasteiger partial charge on any atom is -0.504 e. The second-order valence-electron chi connectivity index (χ2n) is 12.3. The van der Waals surface area contributed by atoms with Gasteiger partial charge in [0.05, 0.1) is 39.3 Å². The van der Waals surface area contributed by atoms with Crippen molar-refractivity contribution in [2.45, 2.75) is 63.8 Å². The van der Waals surface area contributed by atoms with Crippen LogP contribution >= 0.6 is 0 Å². The number of phenols is 2. The second kappa shape index (κ2) is 26.4. The van der Waals surface area contributed by atoms with Gasteiger partial charge in [-0.15, -0.1) is 0 Å². The van der Waals surface area contributed by atoms with Crippen LogP contribution in [0.4, 0.5) is 0 Å². The fourth-order valence-electron chi connectivity index (χ4n) is 4.89. The van der Waals surface area contributed by atoms with E-state index in [1.165, 1.54) is 18.2 Å². The molecule has 0 aliphatic rings. The highest BCUT2D eigenvalue weighted by Crippen LogP contribution is 2.24. The summed E-state index contributed by atoms with van der Waals surface area (Å²) in [5.41, 5.74) is 9.53. The molecule has 21 heteroatoms. The Hall–Kier alpha value is -6.44. The summed E-state index contributed by atoms with van der Waals surface area (Å²) >= 11 is 0. The third-order valence-corrected chi connectivity index (χ3v) is 7.70. The number of benzene rings is 2. The molecule has 0 heterocycles. The number of esters is 1. The molecule has 0 unspecified atom stereocenters. The maximum absolute atomic E-state index is 13.6. The number of carbonyl (C=O) groups excluding carboxylic acids is 6. The van der Waals surface area contributed by atoms with Gasteiger partial charge in [0.25, 0.3) is 0 Å². The van der Waals surface area contributed by atoms with Gasteiger partial charge in [0.2, 0.25) is 29.5 Å². The van der Waals surface area contributed by atoms with E-state index in [9.17, 15) is 48.9 Å². The van der Waals surface area contributed by atoms with E-state index in [-0.39, 0.29) is 77.0 Å². The van der Waals surface area contributed by atoms with E-state index in [4.69, 9.17) is 19.7 Å². The van der Waals surface area contributed by atoms with Crippen molar-refractivity contribution < 1.29 is 63.1 Å². The minimum atomic E-state index is -1.63. The number of carboxylic acids is 1. The summed E-state index contributed by atoms with van der Waals surface area (Å²) in [5, 5.41) is 44.0. The van der Waals surface area contributed by atoms with Crippen LogP contribution in [0.5, 0.6) is 11.5 Å². The molecule has 5 amide bonds. The van der Waals surface area contributed by atoms with Crippen LogP contribution in [0, 0.1) is 0 Å². The molecule has 0 fully saturated rings. The zero-order valence-corrected chi connectivity index (χ0v) is 31.3. The van der Waals surface area contributed by atoms with Gasteiger partial charge in [-0.1, -0.05) is 41.5 Å². The summed E-state index contributed by atoms with van der Waals surface area (Å²) in [5.74, 6) is -7.13. The smallest absolute Gasteiger partial charge is 0.306 e. The quantitative estimate of drug-likeness (QED) is 0.0148. The van der Waals surface area contributed by atoms with E-state index >= 15 is 0 Å². The van der Waals surface area contributed by atoms with Gasteiger partial charge in [-0.2, -0.15) is 0 Å². The number of aliphatic carboxylic acids is 1. The van der Waals surface area contributed by atoms with Gasteiger partial charge in [0, 0.05) is 37.9 Å². The highest BCUT2D eigenvalue weighted by molar-refractivity contribution is 5.96. The summed E-state index contributed by atoms with van der Waals surface area (Å²) in [6.07, 6.45) is -1.98. The fraction of sp³-hybridized carbons (Fsp3) is 0.472. The minimum absolute atomic E-state index is 0.00146. The summed E-state index contributed by atoms with van der Waals surface area (Å²) < 4.78 is 15.8. The van der Waals surface area contributed by atoms with Crippen molar-refractivity contribution in [3.05, 3.63) is 70.1 Å². The van der Waals surface area contributed by atoms with Gasteiger partial charge in [-0.3, -0.25) is 33.6 Å². The van der Waals surface area contributed by atoms with Crippen molar-refractivity contribution in [1.29, 1.82) is 0 Å². The molecule has 0 radical (unpaired) electrons. The number of nitrogens with one attached hydrogen (secondary N) is 5. The second-order valence-corrected chi connectivity index (χ2v) is 12.3. The van der Waals surface area contributed by atoms with E-state index in [1.807, 2.05) is 0 Å². The average molecular weight is 801 g/mol. The zero-order chi connectivity index (χ0) is 42.0. The Bertz CT molecular complexity index is 1710. The van der Waals surface area contributed by atoms with E-state index in [2.05, 4.69) is 36.6 Å². The maximum Gasteiger partial charge on any atom is 0.306 e. The van der Waals surface area contributed by atoms with Crippen molar-refractivity contribution in [2.75, 3.05) is 46.1 Å². The molecular formula is C36H48N8O13. The molecule has 3 atom stereocenters. The molecule has 21 nitrogen and oxygen atoms in total. The fourth-order valence-corrected chi connectivity index (χ4v) is 4.89. The first-order valence-electron chi connectivity index (χ1n) is 17.8. The molecule has 2 aromatic carbocycles. The first-order chi connectivity index (χ1) is 27.3. The van der Waals surface area contributed by atoms with Crippen molar-refractivity contribution in [3.8, 4) is 11.5 Å². The number of phenolic OH excluding ortho intramolecular Hbond substituents is 2. The number of rotatable bonds is 27. The first-order valence-corrected chi connectivity index (χ1v) is 17.8. The summed E-state index contributed by atoms with van der Waals surface area (Å²) in [7, 11) is 0. The van der Waals surface area contributed by atoms with Crippen LogP contribution in [0.3, 0.4) is 0 Å². The highest BCUT2D eigenvalue weighted by Gasteiger charge is 2.31. The molecule has 0 bridgehead atoms. The lowest BCUT2D eigenvalue weighted by Crippen LogP contribution is -2.57. The molecule has 0 saturated heterocycles. The Morgan fingerprint density at radius 3 is 2.09 bits per heavy atom. The molecule has 0 spiro atoms. The zero-order valence-electron chi connectivity index (χ0n) is 31.3. The van der Waals surface area contributed by atoms with Crippen LogP contribution < -0.4 is 26.6 Å². The summed E-state index contributed by atoms with van der Waals surface area (Å²) in [4.78, 5) is 91.7. The monoisotopic (exact) mass is 800 g/mol.